The van der Waals surface area contributed by atoms with Crippen LogP contribution in [0, 0.1) is 5.92 Å². The summed E-state index contributed by atoms with van der Waals surface area (Å²) in [4.78, 5) is 27.4. The van der Waals surface area contributed by atoms with Crippen molar-refractivity contribution >= 4 is 33.4 Å². The summed E-state index contributed by atoms with van der Waals surface area (Å²) in [5, 5.41) is 26.7. The van der Waals surface area contributed by atoms with Crippen molar-refractivity contribution in [2.75, 3.05) is 20.3 Å². The predicted octanol–water partition coefficient (Wildman–Crippen LogP) is 5.67. The highest BCUT2D eigenvalue weighted by Gasteiger charge is 2.48. The molecule has 2 aliphatic rings. The summed E-state index contributed by atoms with van der Waals surface area (Å²) in [7, 11) is -3.10. The minimum absolute atomic E-state index is 0.0155. The number of aliphatic hydroxyl groups is 2. The molecule has 1 saturated carbocycles. The number of halogens is 2. The molecule has 4 N–H and O–H groups in total. The number of hydrogen-bond donors (Lipinski definition) is 4. The molecule has 0 bridgehead atoms. The molecule has 14 heteroatoms. The summed E-state index contributed by atoms with van der Waals surface area (Å²) in [6, 6.07) is 24.3. The van der Waals surface area contributed by atoms with Crippen LogP contribution in [-0.2, 0) is 32.5 Å². The van der Waals surface area contributed by atoms with Crippen LogP contribution in [0.4, 0.5) is 13.6 Å². The van der Waals surface area contributed by atoms with Gasteiger partial charge < -0.3 is 25.6 Å². The first kappa shape index (κ1) is 37.5. The summed E-state index contributed by atoms with van der Waals surface area (Å²) >= 11 is 1.17. The summed E-state index contributed by atoms with van der Waals surface area (Å²) in [6.07, 6.45) is -1.42. The number of alkyl halides is 2. The van der Waals surface area contributed by atoms with E-state index in [0.29, 0.717) is 28.2 Å². The highest BCUT2D eigenvalue weighted by molar-refractivity contribution is 7.89. The van der Waals surface area contributed by atoms with Crippen molar-refractivity contribution in [1.82, 2.24) is 14.9 Å². The van der Waals surface area contributed by atoms with Gasteiger partial charge in [0.2, 0.25) is 21.9 Å². The zero-order chi connectivity index (χ0) is 37.0. The van der Waals surface area contributed by atoms with Crippen molar-refractivity contribution in [3.8, 4) is 0 Å². The molecule has 0 aliphatic heterocycles. The first-order chi connectivity index (χ1) is 24.9. The number of nitrogens with zero attached hydrogens (tertiary/aromatic N) is 1. The number of nitrogens with one attached hydrogen (secondary N) is 2. The lowest BCUT2D eigenvalue weighted by atomic mass is 9.81. The molecule has 0 spiro atoms. The maximum Gasteiger partial charge on any atom is 0.407 e. The molecule has 6 rings (SSSR count). The smallest absolute Gasteiger partial charge is 0.407 e. The maximum absolute atomic E-state index is 14.2. The van der Waals surface area contributed by atoms with E-state index >= 15 is 0 Å². The summed E-state index contributed by atoms with van der Waals surface area (Å²) in [6.45, 7) is -0.835. The van der Waals surface area contributed by atoms with E-state index in [1.54, 1.807) is 18.2 Å². The number of hydrogen-bond acceptors (Lipinski definition) is 8. The molecule has 3 aromatic carbocycles. The Bertz CT molecular complexity index is 1930. The van der Waals surface area contributed by atoms with Crippen molar-refractivity contribution in [2.24, 2.45) is 5.92 Å². The number of sulfonamides is 1. The van der Waals surface area contributed by atoms with Gasteiger partial charge in [-0.1, -0.05) is 66.7 Å². The first-order valence-electron chi connectivity index (χ1n) is 17.0. The molecule has 0 saturated heterocycles. The van der Waals surface area contributed by atoms with Gasteiger partial charge >= 0.3 is 6.09 Å². The van der Waals surface area contributed by atoms with Crippen LogP contribution in [-0.4, -0.2) is 67.2 Å². The average molecular weight is 754 g/mol. The number of amides is 2. The van der Waals surface area contributed by atoms with Crippen LogP contribution in [0.2, 0.25) is 0 Å². The SMILES string of the molecule is COC(=O)N[C@H](C(=O)NCc1ccc([C@@H](CO)N(CC2CC(F)(F)C2)S(=O)(=O)c2ccc3c(c2)C(O)CC3)s1)C(c1ccccc1)c1ccccc1. The summed E-state index contributed by atoms with van der Waals surface area (Å²) < 4.78 is 62.1. The second-order valence-electron chi connectivity index (χ2n) is 13.3. The summed E-state index contributed by atoms with van der Waals surface area (Å²) in [5.41, 5.74) is 2.95. The van der Waals surface area contributed by atoms with E-state index in [2.05, 4.69) is 10.6 Å². The lowest BCUT2D eigenvalue weighted by Gasteiger charge is -2.39. The Morgan fingerprint density at radius 2 is 1.65 bits per heavy atom. The molecular formula is C38H41F2N3O7S2. The van der Waals surface area contributed by atoms with Crippen molar-refractivity contribution in [3.05, 3.63) is 123 Å². The molecule has 1 heterocycles. The molecular weight excluding hydrogens is 713 g/mol. The fraction of sp³-hybridized carbons (Fsp3) is 0.368. The number of carbonyl (C=O) groups is 2. The fourth-order valence-electron chi connectivity index (χ4n) is 7.08. The largest absolute Gasteiger partial charge is 0.453 e. The Kier molecular flexibility index (Phi) is 11.4. The third-order valence-electron chi connectivity index (χ3n) is 9.74. The van der Waals surface area contributed by atoms with Crippen LogP contribution in [0.5, 0.6) is 0 Å². The molecule has 2 aliphatic carbocycles. The topological polar surface area (TPSA) is 145 Å². The first-order valence-corrected chi connectivity index (χ1v) is 19.3. The van der Waals surface area contributed by atoms with Gasteiger partial charge in [0.25, 0.3) is 0 Å². The minimum Gasteiger partial charge on any atom is -0.453 e. The third kappa shape index (κ3) is 8.21. The van der Waals surface area contributed by atoms with Gasteiger partial charge in [-0.25, -0.2) is 22.0 Å². The van der Waals surface area contributed by atoms with Gasteiger partial charge in [-0.2, -0.15) is 4.31 Å². The zero-order valence-electron chi connectivity index (χ0n) is 28.5. The molecule has 1 fully saturated rings. The lowest BCUT2D eigenvalue weighted by molar-refractivity contribution is -0.123. The quantitative estimate of drug-likeness (QED) is 0.130. The normalized spacial score (nSPS) is 18.0. The number of benzene rings is 3. The Labute approximate surface area is 305 Å². The van der Waals surface area contributed by atoms with Gasteiger partial charge in [0.05, 0.1) is 37.3 Å². The van der Waals surface area contributed by atoms with Crippen molar-refractivity contribution in [2.45, 2.75) is 67.2 Å². The number of aryl methyl sites for hydroxylation is 1. The standard InChI is InChI=1S/C38H41F2N3O7S2/c1-50-37(47)42-35(34(26-8-4-2-5-9-26)27-10-6-3-7-11-27)36(46)41-21-28-14-17-33(51-28)31(23-44)43(22-24-19-38(39,40)20-24)52(48,49)29-15-12-25-13-16-32(45)30(25)18-29/h2-12,14-15,17-18,24,31-32,34-35,44-45H,13,16,19-23H2,1H3,(H,41,46)(H,42,47)/t31-,32?,35+/m1/s1. The van der Waals surface area contributed by atoms with Gasteiger partial charge in [-0.05, 0) is 65.3 Å². The zero-order valence-corrected chi connectivity index (χ0v) is 30.1. The molecule has 1 aromatic heterocycles. The van der Waals surface area contributed by atoms with E-state index in [0.717, 1.165) is 21.0 Å². The van der Waals surface area contributed by atoms with E-state index < -0.39 is 77.4 Å². The second-order valence-corrected chi connectivity index (χ2v) is 16.3. The Morgan fingerprint density at radius 3 is 2.25 bits per heavy atom. The number of aliphatic hydroxyl groups excluding tert-OH is 2. The van der Waals surface area contributed by atoms with Crippen molar-refractivity contribution < 1.29 is 41.7 Å². The molecule has 52 heavy (non-hydrogen) atoms. The van der Waals surface area contributed by atoms with Gasteiger partial charge in [-0.15, -0.1) is 11.3 Å². The Balaban J connectivity index is 1.25. The van der Waals surface area contributed by atoms with Gasteiger partial charge in [0, 0.05) is 35.1 Å². The van der Waals surface area contributed by atoms with Gasteiger partial charge in [0.1, 0.15) is 6.04 Å². The molecule has 276 valence electrons. The van der Waals surface area contributed by atoms with Gasteiger partial charge in [0.15, 0.2) is 0 Å². The maximum atomic E-state index is 14.2. The summed E-state index contributed by atoms with van der Waals surface area (Å²) in [5.74, 6) is -4.55. The van der Waals surface area contributed by atoms with Crippen LogP contribution in [0.3, 0.4) is 0 Å². The number of thiophene rings is 1. The second kappa shape index (κ2) is 15.8. The highest BCUT2D eigenvalue weighted by Crippen LogP contribution is 2.45. The van der Waals surface area contributed by atoms with Crippen LogP contribution in [0.15, 0.2) is 95.9 Å². The molecule has 0 radical (unpaired) electrons. The van der Waals surface area contributed by atoms with Gasteiger partial charge in [-0.3, -0.25) is 4.79 Å². The number of fused-ring (bicyclic) bond motifs is 1. The van der Waals surface area contributed by atoms with E-state index in [4.69, 9.17) is 4.74 Å². The number of ether oxygens (including phenoxy) is 1. The lowest BCUT2D eigenvalue weighted by Crippen LogP contribution is -2.50. The Morgan fingerprint density at radius 1 is 1.00 bits per heavy atom. The molecule has 10 nitrogen and oxygen atoms in total. The minimum atomic E-state index is -4.32. The highest BCUT2D eigenvalue weighted by atomic mass is 32.2. The van der Waals surface area contributed by atoms with Crippen molar-refractivity contribution in [1.29, 1.82) is 0 Å². The van der Waals surface area contributed by atoms with Crippen LogP contribution < -0.4 is 10.6 Å². The molecule has 1 unspecified atom stereocenters. The van der Waals surface area contributed by atoms with Crippen LogP contribution in [0.1, 0.15) is 69.3 Å². The third-order valence-corrected chi connectivity index (χ3v) is 12.8. The van der Waals surface area contributed by atoms with E-state index in [1.165, 1.54) is 30.6 Å². The molecule has 3 atom stereocenters. The number of rotatable bonds is 14. The number of alkyl carbamates (subject to hydrolysis) is 1. The molecule has 4 aromatic rings. The van der Waals surface area contributed by atoms with Crippen LogP contribution >= 0.6 is 11.3 Å². The average Bonchev–Trinajstić information content (AvgIpc) is 3.76. The van der Waals surface area contributed by atoms with E-state index in [9.17, 15) is 37.0 Å². The van der Waals surface area contributed by atoms with Crippen LogP contribution in [0.25, 0.3) is 0 Å². The number of carbonyl (C=O) groups excluding carboxylic acids is 2. The van der Waals surface area contributed by atoms with Crippen molar-refractivity contribution in [3.63, 3.8) is 0 Å². The predicted molar refractivity (Wildman–Crippen MR) is 191 cm³/mol. The van der Waals surface area contributed by atoms with E-state index in [-0.39, 0.29) is 18.0 Å². The fourth-order valence-corrected chi connectivity index (χ4v) is 9.91. The monoisotopic (exact) mass is 753 g/mol. The van der Waals surface area contributed by atoms with E-state index in [1.807, 2.05) is 60.7 Å². The Hall–Kier alpha value is -4.21. The molecule has 2 amide bonds. The number of methoxy groups -OCH3 is 1.